The quantitative estimate of drug-likeness (QED) is 0.606. The number of aromatic nitrogens is 1. The maximum absolute atomic E-state index is 12.8. The maximum atomic E-state index is 12.8. The highest BCUT2D eigenvalue weighted by molar-refractivity contribution is 7.89. The van der Waals surface area contributed by atoms with Crippen molar-refractivity contribution < 1.29 is 13.2 Å². The lowest BCUT2D eigenvalue weighted by Gasteiger charge is -2.15. The number of carbonyl (C=O) groups excluding carboxylic acids is 1. The highest BCUT2D eigenvalue weighted by Gasteiger charge is 2.27. The third-order valence-corrected chi connectivity index (χ3v) is 8.14. The first-order valence-corrected chi connectivity index (χ1v) is 12.1. The summed E-state index contributed by atoms with van der Waals surface area (Å²) >= 11 is 6.79. The standard InChI is InChI=1S/C20H20ClN3O4S2/c21-15-5-3-14(4-6-15)12-22-19(25)13-24-17-8-7-16(11-18(17)29-20(24)26)30(27,28)23-9-1-2-10-23/h3-8,11H,1-2,9-10,12-13H2,(H,22,25). The summed E-state index contributed by atoms with van der Waals surface area (Å²) < 4.78 is 28.9. The Bertz CT molecular complexity index is 1240. The van der Waals surface area contributed by atoms with Crippen LogP contribution < -0.4 is 10.2 Å². The molecular formula is C20H20ClN3O4S2. The number of thiazole rings is 1. The highest BCUT2D eigenvalue weighted by atomic mass is 35.5. The van der Waals surface area contributed by atoms with E-state index in [0.717, 1.165) is 29.7 Å². The fourth-order valence-electron chi connectivity index (χ4n) is 3.44. The van der Waals surface area contributed by atoms with Crippen LogP contribution in [0.5, 0.6) is 0 Å². The number of rotatable bonds is 6. The molecule has 0 radical (unpaired) electrons. The van der Waals surface area contributed by atoms with Crippen molar-refractivity contribution in [2.24, 2.45) is 0 Å². The van der Waals surface area contributed by atoms with E-state index in [0.29, 0.717) is 34.9 Å². The van der Waals surface area contributed by atoms with Crippen molar-refractivity contribution in [1.82, 2.24) is 14.2 Å². The summed E-state index contributed by atoms with van der Waals surface area (Å²) in [7, 11) is -3.56. The minimum absolute atomic E-state index is 0.134. The van der Waals surface area contributed by atoms with Crippen molar-refractivity contribution in [3.05, 3.63) is 62.7 Å². The molecule has 1 aliphatic rings. The van der Waals surface area contributed by atoms with Crippen molar-refractivity contribution in [1.29, 1.82) is 0 Å². The molecule has 2 heterocycles. The van der Waals surface area contributed by atoms with Gasteiger partial charge in [-0.05, 0) is 48.7 Å². The number of amides is 1. The first-order valence-electron chi connectivity index (χ1n) is 9.49. The van der Waals surface area contributed by atoms with Crippen LogP contribution in [0.3, 0.4) is 0 Å². The summed E-state index contributed by atoms with van der Waals surface area (Å²) in [5.74, 6) is -0.305. The largest absolute Gasteiger partial charge is 0.350 e. The molecule has 1 aromatic heterocycles. The Morgan fingerprint density at radius 1 is 1.10 bits per heavy atom. The molecule has 0 atom stereocenters. The van der Waals surface area contributed by atoms with Crippen LogP contribution in [0.15, 0.2) is 52.2 Å². The van der Waals surface area contributed by atoms with Crippen LogP contribution in [-0.2, 0) is 27.9 Å². The number of halogens is 1. The molecule has 4 rings (SSSR count). The van der Waals surface area contributed by atoms with Crippen molar-refractivity contribution in [3.63, 3.8) is 0 Å². The number of sulfonamides is 1. The normalized spacial score (nSPS) is 15.0. The number of hydrogen-bond donors (Lipinski definition) is 1. The summed E-state index contributed by atoms with van der Waals surface area (Å²) in [5, 5.41) is 3.40. The molecule has 2 aromatic carbocycles. The number of hydrogen-bond acceptors (Lipinski definition) is 5. The van der Waals surface area contributed by atoms with Crippen molar-refractivity contribution in [3.8, 4) is 0 Å². The summed E-state index contributed by atoms with van der Waals surface area (Å²) in [6.07, 6.45) is 1.71. The average Bonchev–Trinajstić information content (AvgIpc) is 3.36. The molecule has 1 fully saturated rings. The maximum Gasteiger partial charge on any atom is 0.308 e. The van der Waals surface area contributed by atoms with E-state index in [1.54, 1.807) is 18.2 Å². The molecule has 30 heavy (non-hydrogen) atoms. The van der Waals surface area contributed by atoms with Gasteiger partial charge in [0.2, 0.25) is 15.9 Å². The van der Waals surface area contributed by atoms with Crippen LogP contribution in [-0.4, -0.2) is 36.3 Å². The van der Waals surface area contributed by atoms with E-state index in [9.17, 15) is 18.0 Å². The zero-order valence-electron chi connectivity index (χ0n) is 16.0. The van der Waals surface area contributed by atoms with Gasteiger partial charge in [-0.2, -0.15) is 4.31 Å². The minimum atomic E-state index is -3.56. The summed E-state index contributed by atoms with van der Waals surface area (Å²) in [6, 6.07) is 11.7. The Morgan fingerprint density at radius 3 is 2.50 bits per heavy atom. The fraction of sp³-hybridized carbons (Fsp3) is 0.300. The predicted octanol–water partition coefficient (Wildman–Crippen LogP) is 2.82. The second-order valence-electron chi connectivity index (χ2n) is 7.10. The molecular weight excluding hydrogens is 446 g/mol. The molecule has 0 bridgehead atoms. The fourth-order valence-corrected chi connectivity index (χ4v) is 6.11. The van der Waals surface area contributed by atoms with Gasteiger partial charge in [0.25, 0.3) is 0 Å². The Morgan fingerprint density at radius 2 is 1.80 bits per heavy atom. The van der Waals surface area contributed by atoms with E-state index in [4.69, 9.17) is 11.6 Å². The molecule has 1 N–H and O–H groups in total. The Balaban J connectivity index is 1.52. The van der Waals surface area contributed by atoms with E-state index in [-0.39, 0.29) is 22.2 Å². The Kier molecular flexibility index (Phi) is 5.97. The Hall–Kier alpha value is -2.20. The number of fused-ring (bicyclic) bond motifs is 1. The molecule has 1 saturated heterocycles. The number of benzene rings is 2. The smallest absolute Gasteiger partial charge is 0.308 e. The van der Waals surface area contributed by atoms with E-state index in [1.165, 1.54) is 21.0 Å². The molecule has 1 amide bonds. The topological polar surface area (TPSA) is 88.5 Å². The zero-order valence-corrected chi connectivity index (χ0v) is 18.4. The molecule has 7 nitrogen and oxygen atoms in total. The predicted molar refractivity (Wildman–Crippen MR) is 117 cm³/mol. The minimum Gasteiger partial charge on any atom is -0.350 e. The van der Waals surface area contributed by atoms with E-state index in [2.05, 4.69) is 5.32 Å². The van der Waals surface area contributed by atoms with Gasteiger partial charge in [0, 0.05) is 24.7 Å². The van der Waals surface area contributed by atoms with Crippen LogP contribution in [0.2, 0.25) is 5.02 Å². The summed E-state index contributed by atoms with van der Waals surface area (Å²) in [4.78, 5) is 24.7. The molecule has 10 heteroatoms. The van der Waals surface area contributed by atoms with Crippen molar-refractivity contribution in [2.75, 3.05) is 13.1 Å². The molecule has 3 aromatic rings. The van der Waals surface area contributed by atoms with Crippen LogP contribution in [0.4, 0.5) is 0 Å². The monoisotopic (exact) mass is 465 g/mol. The van der Waals surface area contributed by atoms with Gasteiger partial charge in [-0.3, -0.25) is 14.2 Å². The molecule has 1 aliphatic heterocycles. The first kappa shape index (κ1) is 21.0. The molecule has 158 valence electrons. The van der Waals surface area contributed by atoms with E-state index in [1.807, 2.05) is 12.1 Å². The number of carbonyl (C=O) groups is 1. The Labute approximate surface area is 182 Å². The van der Waals surface area contributed by atoms with E-state index >= 15 is 0 Å². The van der Waals surface area contributed by atoms with Crippen LogP contribution in [0.1, 0.15) is 18.4 Å². The number of nitrogens with one attached hydrogen (secondary N) is 1. The van der Waals surface area contributed by atoms with Gasteiger partial charge < -0.3 is 5.32 Å². The van der Waals surface area contributed by atoms with Gasteiger partial charge >= 0.3 is 4.87 Å². The van der Waals surface area contributed by atoms with Gasteiger partial charge in [-0.15, -0.1) is 0 Å². The third kappa shape index (κ3) is 4.29. The lowest BCUT2D eigenvalue weighted by Crippen LogP contribution is -2.30. The van der Waals surface area contributed by atoms with E-state index < -0.39 is 10.0 Å². The third-order valence-electron chi connectivity index (χ3n) is 5.05. The molecule has 0 aliphatic carbocycles. The number of nitrogens with zero attached hydrogens (tertiary/aromatic N) is 2. The molecule has 0 unspecified atom stereocenters. The molecule has 0 saturated carbocycles. The van der Waals surface area contributed by atoms with Gasteiger partial charge in [0.1, 0.15) is 6.54 Å². The van der Waals surface area contributed by atoms with Gasteiger partial charge in [-0.1, -0.05) is 35.1 Å². The van der Waals surface area contributed by atoms with Crippen LogP contribution >= 0.6 is 22.9 Å². The zero-order chi connectivity index (χ0) is 21.3. The average molecular weight is 466 g/mol. The van der Waals surface area contributed by atoms with Crippen molar-refractivity contribution in [2.45, 2.75) is 30.8 Å². The van der Waals surface area contributed by atoms with Crippen LogP contribution in [0, 0.1) is 0 Å². The molecule has 0 spiro atoms. The summed E-state index contributed by atoms with van der Waals surface area (Å²) in [6.45, 7) is 1.23. The van der Waals surface area contributed by atoms with Crippen LogP contribution in [0.25, 0.3) is 10.2 Å². The van der Waals surface area contributed by atoms with Gasteiger partial charge in [-0.25, -0.2) is 8.42 Å². The summed E-state index contributed by atoms with van der Waals surface area (Å²) in [5.41, 5.74) is 1.44. The SMILES string of the molecule is O=C(Cn1c(=O)sc2cc(S(=O)(=O)N3CCCC3)ccc21)NCc1ccc(Cl)cc1. The van der Waals surface area contributed by atoms with Gasteiger partial charge in [0.15, 0.2) is 0 Å². The second-order valence-corrected chi connectivity index (χ2v) is 10.5. The highest BCUT2D eigenvalue weighted by Crippen LogP contribution is 2.26. The first-order chi connectivity index (χ1) is 14.3. The lowest BCUT2D eigenvalue weighted by atomic mass is 10.2. The van der Waals surface area contributed by atoms with Gasteiger partial charge in [0.05, 0.1) is 15.1 Å². The lowest BCUT2D eigenvalue weighted by molar-refractivity contribution is -0.121. The van der Waals surface area contributed by atoms with Crippen molar-refractivity contribution >= 4 is 49.1 Å². The second kappa shape index (κ2) is 8.50.